The summed E-state index contributed by atoms with van der Waals surface area (Å²) in [6.07, 6.45) is 0. The number of carbonyl (C=O) groups is 1. The maximum Gasteiger partial charge on any atom is 0.345 e. The lowest BCUT2D eigenvalue weighted by Gasteiger charge is -2.02. The average Bonchev–Trinajstić information content (AvgIpc) is 2.29. The molecular weight excluding hydrogens is 367 g/mol. The highest BCUT2D eigenvalue weighted by molar-refractivity contribution is 14.1. The van der Waals surface area contributed by atoms with Gasteiger partial charge >= 0.3 is 5.97 Å². The first-order chi connectivity index (χ1) is 8.36. The van der Waals surface area contributed by atoms with Crippen LogP contribution in [0.3, 0.4) is 0 Å². The van der Waals surface area contributed by atoms with Crippen LogP contribution in [0.5, 0.6) is 0 Å². The van der Waals surface area contributed by atoms with Gasteiger partial charge in [0, 0.05) is 0 Å². The first-order valence-corrected chi connectivity index (χ1v) is 7.85. The van der Waals surface area contributed by atoms with Crippen LogP contribution in [0.2, 0.25) is 0 Å². The van der Waals surface area contributed by atoms with E-state index in [9.17, 15) is 13.2 Å². The van der Waals surface area contributed by atoms with Crippen molar-refractivity contribution < 1.29 is 17.9 Å². The minimum Gasteiger partial charge on any atom is -0.462 e. The Balaban J connectivity index is 3.04. The highest BCUT2D eigenvalue weighted by Gasteiger charge is 2.15. The molecule has 0 spiro atoms. The average molecular weight is 380 g/mol. The van der Waals surface area contributed by atoms with Gasteiger partial charge in [-0.2, -0.15) is 0 Å². The molecule has 0 saturated heterocycles. The van der Waals surface area contributed by atoms with Crippen molar-refractivity contribution in [3.63, 3.8) is 0 Å². The fourth-order valence-corrected chi connectivity index (χ4v) is 3.36. The fourth-order valence-electron chi connectivity index (χ4n) is 1.18. The third-order valence-corrected chi connectivity index (χ3v) is 4.73. The van der Waals surface area contributed by atoms with E-state index in [1.807, 2.05) is 6.92 Å². The second-order valence-corrected chi connectivity index (χ2v) is 6.50. The lowest BCUT2D eigenvalue weighted by Crippen LogP contribution is -2.06. The van der Waals surface area contributed by atoms with Crippen molar-refractivity contribution in [3.05, 3.63) is 38.8 Å². The van der Waals surface area contributed by atoms with E-state index in [2.05, 4.69) is 0 Å². The van der Waals surface area contributed by atoms with Crippen molar-refractivity contribution in [1.29, 1.82) is 0 Å². The predicted molar refractivity (Wildman–Crippen MR) is 77.1 cm³/mol. The molecule has 0 amide bonds. The molecule has 1 aromatic rings. The highest BCUT2D eigenvalue weighted by atomic mass is 127. The summed E-state index contributed by atoms with van der Waals surface area (Å²) in [6, 6.07) is 6.43. The van der Waals surface area contributed by atoms with Crippen LogP contribution < -0.4 is 0 Å². The lowest BCUT2D eigenvalue weighted by molar-refractivity contribution is -0.137. The number of sulfone groups is 1. The van der Waals surface area contributed by atoms with E-state index in [1.54, 1.807) is 41.6 Å². The topological polar surface area (TPSA) is 60.4 Å². The molecule has 6 heteroatoms. The third kappa shape index (κ3) is 4.09. The van der Waals surface area contributed by atoms with Crippen LogP contribution in [-0.4, -0.2) is 21.0 Å². The van der Waals surface area contributed by atoms with Crippen LogP contribution in [0.15, 0.2) is 38.1 Å². The van der Waals surface area contributed by atoms with Gasteiger partial charge in [0.1, 0.15) is 3.58 Å². The molecule has 0 aromatic heterocycles. The Kier molecular flexibility index (Phi) is 5.33. The number of hydrogen-bond acceptors (Lipinski definition) is 4. The van der Waals surface area contributed by atoms with Crippen molar-refractivity contribution in [2.45, 2.75) is 18.7 Å². The molecule has 0 atom stereocenters. The standard InChI is InChI=1S/C12H13IO4S/c1-3-17-12(14)11(13)8-18(15,16)10-6-4-9(2)5-7-10/h4-8H,3H2,1-2H3/b11-8+. The van der Waals surface area contributed by atoms with Gasteiger partial charge in [-0.3, -0.25) is 0 Å². The number of ether oxygens (including phenoxy) is 1. The molecule has 1 rings (SSSR count). The van der Waals surface area contributed by atoms with E-state index < -0.39 is 15.8 Å². The molecule has 0 unspecified atom stereocenters. The predicted octanol–water partition coefficient (Wildman–Crippen LogP) is 2.61. The summed E-state index contributed by atoms with van der Waals surface area (Å²) in [4.78, 5) is 11.5. The SMILES string of the molecule is CCOC(=O)/C(I)=C\S(=O)(=O)c1ccc(C)cc1. The van der Waals surface area contributed by atoms with Crippen LogP contribution >= 0.6 is 22.6 Å². The molecule has 1 aromatic carbocycles. The molecule has 0 radical (unpaired) electrons. The lowest BCUT2D eigenvalue weighted by atomic mass is 10.2. The molecule has 0 fully saturated rings. The zero-order valence-electron chi connectivity index (χ0n) is 10.0. The molecule has 98 valence electrons. The summed E-state index contributed by atoms with van der Waals surface area (Å²) in [5, 5.41) is 0.927. The Morgan fingerprint density at radius 3 is 2.39 bits per heavy atom. The zero-order chi connectivity index (χ0) is 13.8. The molecule has 0 aliphatic rings. The normalized spacial score (nSPS) is 12.3. The maximum atomic E-state index is 12.0. The van der Waals surface area contributed by atoms with Crippen molar-refractivity contribution in [2.24, 2.45) is 0 Å². The van der Waals surface area contributed by atoms with Crippen LogP contribution in [0.1, 0.15) is 12.5 Å². The monoisotopic (exact) mass is 380 g/mol. The zero-order valence-corrected chi connectivity index (χ0v) is 13.0. The van der Waals surface area contributed by atoms with Gasteiger partial charge in [-0.05, 0) is 48.6 Å². The largest absolute Gasteiger partial charge is 0.462 e. The van der Waals surface area contributed by atoms with Gasteiger partial charge in [-0.1, -0.05) is 17.7 Å². The van der Waals surface area contributed by atoms with Crippen molar-refractivity contribution >= 4 is 38.4 Å². The third-order valence-electron chi connectivity index (χ3n) is 2.08. The molecule has 4 nitrogen and oxygen atoms in total. The number of esters is 1. The molecule has 0 bridgehead atoms. The van der Waals surface area contributed by atoms with Gasteiger partial charge in [0.15, 0.2) is 0 Å². The highest BCUT2D eigenvalue weighted by Crippen LogP contribution is 2.18. The van der Waals surface area contributed by atoms with E-state index >= 15 is 0 Å². The van der Waals surface area contributed by atoms with E-state index in [0.717, 1.165) is 11.0 Å². The fraction of sp³-hybridized carbons (Fsp3) is 0.250. The van der Waals surface area contributed by atoms with Crippen LogP contribution in [0.25, 0.3) is 0 Å². The molecule has 0 saturated carbocycles. The summed E-state index contributed by atoms with van der Waals surface area (Å²) < 4.78 is 28.7. The molecule has 0 aliphatic carbocycles. The van der Waals surface area contributed by atoms with Gasteiger partial charge in [-0.15, -0.1) is 0 Å². The second-order valence-electron chi connectivity index (χ2n) is 3.54. The van der Waals surface area contributed by atoms with E-state index in [4.69, 9.17) is 4.74 Å². The summed E-state index contributed by atoms with van der Waals surface area (Å²) >= 11 is 1.66. The minimum absolute atomic E-state index is 0.0371. The van der Waals surface area contributed by atoms with Crippen LogP contribution in [0, 0.1) is 6.92 Å². The number of carbonyl (C=O) groups excluding carboxylic acids is 1. The molecular formula is C12H13IO4S. The molecule has 0 aliphatic heterocycles. The van der Waals surface area contributed by atoms with Gasteiger partial charge in [0.2, 0.25) is 9.84 Å². The molecule has 0 N–H and O–H groups in total. The van der Waals surface area contributed by atoms with E-state index in [0.29, 0.717) is 0 Å². The van der Waals surface area contributed by atoms with Crippen LogP contribution in [-0.2, 0) is 19.4 Å². The second kappa shape index (κ2) is 6.33. The Labute approximate surface area is 120 Å². The number of hydrogen-bond donors (Lipinski definition) is 0. The summed E-state index contributed by atoms with van der Waals surface area (Å²) in [6.45, 7) is 3.74. The summed E-state index contributed by atoms with van der Waals surface area (Å²) in [5.41, 5.74) is 0.970. The van der Waals surface area contributed by atoms with Crippen molar-refractivity contribution in [1.82, 2.24) is 0 Å². The van der Waals surface area contributed by atoms with Gasteiger partial charge in [-0.25, -0.2) is 13.2 Å². The summed E-state index contributed by atoms with van der Waals surface area (Å²) in [5.74, 6) is -0.631. The quantitative estimate of drug-likeness (QED) is 0.458. The van der Waals surface area contributed by atoms with Gasteiger partial charge in [0.25, 0.3) is 0 Å². The number of benzene rings is 1. The first kappa shape index (κ1) is 15.2. The number of aryl methyl sites for hydroxylation is 1. The molecule has 0 heterocycles. The number of halogens is 1. The molecule has 18 heavy (non-hydrogen) atoms. The number of rotatable bonds is 4. The smallest absolute Gasteiger partial charge is 0.345 e. The maximum absolute atomic E-state index is 12.0. The summed E-state index contributed by atoms with van der Waals surface area (Å²) in [7, 11) is -3.61. The van der Waals surface area contributed by atoms with Crippen LogP contribution in [0.4, 0.5) is 0 Å². The Morgan fingerprint density at radius 1 is 1.33 bits per heavy atom. The van der Waals surface area contributed by atoms with Crippen molar-refractivity contribution in [2.75, 3.05) is 6.61 Å². The van der Waals surface area contributed by atoms with Crippen molar-refractivity contribution in [3.8, 4) is 0 Å². The van der Waals surface area contributed by atoms with Gasteiger partial charge in [0.05, 0.1) is 16.9 Å². The Bertz CT molecular complexity index is 558. The Morgan fingerprint density at radius 2 is 1.89 bits per heavy atom. The van der Waals surface area contributed by atoms with Gasteiger partial charge < -0.3 is 4.74 Å². The minimum atomic E-state index is -3.61. The van der Waals surface area contributed by atoms with E-state index in [1.165, 1.54) is 12.1 Å². The Hall–Kier alpha value is -0.890. The first-order valence-electron chi connectivity index (χ1n) is 5.23. The van der Waals surface area contributed by atoms with E-state index in [-0.39, 0.29) is 15.1 Å².